The summed E-state index contributed by atoms with van der Waals surface area (Å²) >= 11 is 1.26. The van der Waals surface area contributed by atoms with Gasteiger partial charge >= 0.3 is 6.03 Å². The SMILES string of the molecule is COc1ccc(-c2nnc(SCC(=O)NC(=O)NCc3ccco3)n2C2CCCCC2)cc1OC. The summed E-state index contributed by atoms with van der Waals surface area (Å²) < 4.78 is 18.1. The molecule has 1 aliphatic rings. The Bertz CT molecular complexity index is 1140. The fraction of sp³-hybridized carbons (Fsp3) is 0.417. The number of hydrogen-bond acceptors (Lipinski definition) is 8. The van der Waals surface area contributed by atoms with Crippen molar-refractivity contribution in [2.24, 2.45) is 0 Å². The number of benzene rings is 1. The zero-order valence-electron chi connectivity index (χ0n) is 19.8. The Kier molecular flexibility index (Phi) is 8.30. The molecule has 2 N–H and O–H groups in total. The minimum absolute atomic E-state index is 0.0327. The van der Waals surface area contributed by atoms with E-state index in [4.69, 9.17) is 13.9 Å². The number of nitrogens with one attached hydrogen (secondary N) is 2. The van der Waals surface area contributed by atoms with Gasteiger partial charge in [-0.05, 0) is 43.2 Å². The van der Waals surface area contributed by atoms with E-state index in [1.54, 1.807) is 26.4 Å². The van der Waals surface area contributed by atoms with E-state index in [-0.39, 0.29) is 18.3 Å². The first kappa shape index (κ1) is 24.6. The third kappa shape index (κ3) is 6.16. The van der Waals surface area contributed by atoms with Gasteiger partial charge in [-0.15, -0.1) is 10.2 Å². The second kappa shape index (κ2) is 11.8. The maximum Gasteiger partial charge on any atom is 0.321 e. The van der Waals surface area contributed by atoms with Crippen LogP contribution >= 0.6 is 11.8 Å². The molecule has 0 atom stereocenters. The van der Waals surface area contributed by atoms with E-state index in [9.17, 15) is 9.59 Å². The van der Waals surface area contributed by atoms with Crippen LogP contribution in [0.1, 0.15) is 43.9 Å². The average Bonchev–Trinajstić information content (AvgIpc) is 3.56. The van der Waals surface area contributed by atoms with Crippen LogP contribution in [0.4, 0.5) is 4.79 Å². The van der Waals surface area contributed by atoms with Crippen LogP contribution in [0, 0.1) is 0 Å². The van der Waals surface area contributed by atoms with Gasteiger partial charge in [0, 0.05) is 11.6 Å². The molecule has 1 aromatic carbocycles. The zero-order chi connectivity index (χ0) is 24.6. The number of hydrogen-bond donors (Lipinski definition) is 2. The first-order valence-electron chi connectivity index (χ1n) is 11.5. The molecule has 0 saturated heterocycles. The number of amides is 3. The van der Waals surface area contributed by atoms with Crippen molar-refractivity contribution in [3.63, 3.8) is 0 Å². The fourth-order valence-electron chi connectivity index (χ4n) is 4.13. The van der Waals surface area contributed by atoms with Crippen LogP contribution in [-0.4, -0.2) is 46.7 Å². The van der Waals surface area contributed by atoms with Gasteiger partial charge in [0.2, 0.25) is 5.91 Å². The van der Waals surface area contributed by atoms with Crippen molar-refractivity contribution in [3.8, 4) is 22.9 Å². The first-order chi connectivity index (χ1) is 17.1. The van der Waals surface area contributed by atoms with Gasteiger partial charge < -0.3 is 19.2 Å². The predicted molar refractivity (Wildman–Crippen MR) is 130 cm³/mol. The summed E-state index contributed by atoms with van der Waals surface area (Å²) in [5, 5.41) is 14.4. The lowest BCUT2D eigenvalue weighted by Crippen LogP contribution is -2.39. The Morgan fingerprint density at radius 3 is 2.63 bits per heavy atom. The Balaban J connectivity index is 1.47. The highest BCUT2D eigenvalue weighted by Crippen LogP contribution is 2.38. The normalized spacial score (nSPS) is 13.9. The lowest BCUT2D eigenvalue weighted by molar-refractivity contribution is -0.117. The minimum Gasteiger partial charge on any atom is -0.493 e. The molecule has 0 radical (unpaired) electrons. The minimum atomic E-state index is -0.577. The highest BCUT2D eigenvalue weighted by molar-refractivity contribution is 7.99. The molecule has 2 heterocycles. The molecule has 1 aliphatic carbocycles. The Morgan fingerprint density at radius 1 is 1.11 bits per heavy atom. The van der Waals surface area contributed by atoms with Crippen molar-refractivity contribution in [2.75, 3.05) is 20.0 Å². The van der Waals surface area contributed by atoms with E-state index in [1.165, 1.54) is 24.4 Å². The molecular weight excluding hydrogens is 470 g/mol. The third-order valence-electron chi connectivity index (χ3n) is 5.83. The highest BCUT2D eigenvalue weighted by atomic mass is 32.2. The summed E-state index contributed by atoms with van der Waals surface area (Å²) in [6, 6.07) is 8.79. The van der Waals surface area contributed by atoms with Crippen molar-refractivity contribution >= 4 is 23.7 Å². The van der Waals surface area contributed by atoms with E-state index < -0.39 is 11.9 Å². The summed E-state index contributed by atoms with van der Waals surface area (Å²) in [6.45, 7) is 0.198. The summed E-state index contributed by atoms with van der Waals surface area (Å²) in [6.07, 6.45) is 7.04. The summed E-state index contributed by atoms with van der Waals surface area (Å²) in [4.78, 5) is 24.4. The van der Waals surface area contributed by atoms with Gasteiger partial charge in [0.15, 0.2) is 22.5 Å². The molecule has 0 spiro atoms. The van der Waals surface area contributed by atoms with E-state index in [0.29, 0.717) is 22.4 Å². The Morgan fingerprint density at radius 2 is 1.91 bits per heavy atom. The fourth-order valence-corrected chi connectivity index (χ4v) is 4.94. The molecule has 35 heavy (non-hydrogen) atoms. The van der Waals surface area contributed by atoms with Crippen LogP contribution in [0.25, 0.3) is 11.4 Å². The van der Waals surface area contributed by atoms with Crippen LogP contribution in [0.15, 0.2) is 46.2 Å². The molecule has 186 valence electrons. The maximum atomic E-state index is 12.4. The molecule has 10 nitrogen and oxygen atoms in total. The molecule has 1 fully saturated rings. The van der Waals surface area contributed by atoms with Crippen LogP contribution in [0.3, 0.4) is 0 Å². The van der Waals surface area contributed by atoms with Crippen LogP contribution in [-0.2, 0) is 11.3 Å². The topological polar surface area (TPSA) is 121 Å². The average molecular weight is 500 g/mol. The summed E-state index contributed by atoms with van der Waals surface area (Å²) in [7, 11) is 3.19. The van der Waals surface area contributed by atoms with Gasteiger partial charge in [0.25, 0.3) is 0 Å². The van der Waals surface area contributed by atoms with Gasteiger partial charge in [0.1, 0.15) is 5.76 Å². The predicted octanol–water partition coefficient (Wildman–Crippen LogP) is 4.18. The van der Waals surface area contributed by atoms with Gasteiger partial charge in [-0.25, -0.2) is 4.79 Å². The smallest absolute Gasteiger partial charge is 0.321 e. The zero-order valence-corrected chi connectivity index (χ0v) is 20.6. The molecule has 0 bridgehead atoms. The van der Waals surface area contributed by atoms with Gasteiger partial charge in [-0.1, -0.05) is 31.0 Å². The van der Waals surface area contributed by atoms with Crippen LogP contribution in [0.2, 0.25) is 0 Å². The monoisotopic (exact) mass is 499 g/mol. The number of carbonyl (C=O) groups excluding carboxylic acids is 2. The number of imide groups is 1. The van der Waals surface area contributed by atoms with Crippen molar-refractivity contribution in [2.45, 2.75) is 49.8 Å². The maximum absolute atomic E-state index is 12.4. The Labute approximate surface area is 207 Å². The molecular formula is C24H29N5O5S. The standard InChI is InChI=1S/C24H29N5O5S/c1-32-19-11-10-16(13-20(19)33-2)22-27-28-24(29(22)17-7-4-3-5-8-17)35-15-21(30)26-23(31)25-14-18-9-6-12-34-18/h6,9-13,17H,3-5,7-8,14-15H2,1-2H3,(H2,25,26,30,31). The summed E-state index contributed by atoms with van der Waals surface area (Å²) in [5.41, 5.74) is 0.856. The van der Waals surface area contributed by atoms with Crippen LogP contribution in [0.5, 0.6) is 11.5 Å². The molecule has 1 saturated carbocycles. The molecule has 2 aromatic heterocycles. The van der Waals surface area contributed by atoms with E-state index in [1.807, 2.05) is 18.2 Å². The number of nitrogens with zero attached hydrogens (tertiary/aromatic N) is 3. The number of furan rings is 1. The van der Waals surface area contributed by atoms with Crippen molar-refractivity contribution < 1.29 is 23.5 Å². The number of ether oxygens (including phenoxy) is 2. The lowest BCUT2D eigenvalue weighted by atomic mass is 9.95. The van der Waals surface area contributed by atoms with E-state index in [0.717, 1.165) is 37.1 Å². The molecule has 0 unspecified atom stereocenters. The second-order valence-corrected chi connectivity index (χ2v) is 9.08. The molecule has 3 amide bonds. The number of methoxy groups -OCH3 is 2. The highest BCUT2D eigenvalue weighted by Gasteiger charge is 2.25. The number of carbonyl (C=O) groups is 2. The number of thioether (sulfide) groups is 1. The second-order valence-electron chi connectivity index (χ2n) is 8.14. The number of urea groups is 1. The van der Waals surface area contributed by atoms with E-state index in [2.05, 4.69) is 25.4 Å². The largest absolute Gasteiger partial charge is 0.493 e. The number of rotatable bonds is 9. The third-order valence-corrected chi connectivity index (χ3v) is 6.78. The Hall–Kier alpha value is -3.47. The van der Waals surface area contributed by atoms with Crippen molar-refractivity contribution in [3.05, 3.63) is 42.4 Å². The molecule has 11 heteroatoms. The first-order valence-corrected chi connectivity index (χ1v) is 12.5. The van der Waals surface area contributed by atoms with Crippen molar-refractivity contribution in [1.82, 2.24) is 25.4 Å². The lowest BCUT2D eigenvalue weighted by Gasteiger charge is -2.25. The van der Waals surface area contributed by atoms with Gasteiger partial charge in [-0.3, -0.25) is 14.7 Å². The summed E-state index contributed by atoms with van der Waals surface area (Å²) in [5.74, 6) is 2.18. The van der Waals surface area contributed by atoms with Crippen LogP contribution < -0.4 is 20.1 Å². The molecule has 3 aromatic rings. The quantitative estimate of drug-likeness (QED) is 0.421. The van der Waals surface area contributed by atoms with Gasteiger partial charge in [0.05, 0.1) is 32.8 Å². The van der Waals surface area contributed by atoms with Crippen molar-refractivity contribution in [1.29, 1.82) is 0 Å². The van der Waals surface area contributed by atoms with Gasteiger partial charge in [-0.2, -0.15) is 0 Å². The number of aromatic nitrogens is 3. The molecule has 4 rings (SSSR count). The van der Waals surface area contributed by atoms with E-state index >= 15 is 0 Å². The molecule has 0 aliphatic heterocycles.